The summed E-state index contributed by atoms with van der Waals surface area (Å²) in [4.78, 5) is 19.9. The van der Waals surface area contributed by atoms with Gasteiger partial charge in [-0.3, -0.25) is 9.78 Å². The maximum atomic E-state index is 12.8. The van der Waals surface area contributed by atoms with E-state index < -0.39 is 0 Å². The first-order valence-electron chi connectivity index (χ1n) is 10.9. The van der Waals surface area contributed by atoms with Crippen molar-refractivity contribution in [3.63, 3.8) is 0 Å². The number of piperidine rings is 1. The van der Waals surface area contributed by atoms with Gasteiger partial charge in [0.2, 0.25) is 5.91 Å². The summed E-state index contributed by atoms with van der Waals surface area (Å²) in [5.74, 6) is 1.99. The van der Waals surface area contributed by atoms with Gasteiger partial charge in [-0.1, -0.05) is 37.4 Å². The predicted octanol–water partition coefficient (Wildman–Crippen LogP) is 4.89. The molecule has 0 atom stereocenters. The molecule has 5 nitrogen and oxygen atoms in total. The molecule has 1 amide bonds. The van der Waals surface area contributed by atoms with E-state index in [-0.39, 0.29) is 5.92 Å². The van der Waals surface area contributed by atoms with E-state index in [2.05, 4.69) is 29.1 Å². The molecule has 0 bridgehead atoms. The summed E-state index contributed by atoms with van der Waals surface area (Å²) in [5, 5.41) is 4.12. The van der Waals surface area contributed by atoms with Crippen LogP contribution in [0, 0.1) is 12.8 Å². The first-order chi connectivity index (χ1) is 13.7. The van der Waals surface area contributed by atoms with Gasteiger partial charge in [-0.05, 0) is 44.7 Å². The number of nitrogens with zero attached hydrogens (tertiary/aromatic N) is 3. The lowest BCUT2D eigenvalue weighted by Gasteiger charge is -2.35. The Balaban J connectivity index is 1.44. The second-order valence-corrected chi connectivity index (χ2v) is 8.30. The number of aromatic nitrogens is 2. The lowest BCUT2D eigenvalue weighted by atomic mass is 9.86. The first-order valence-corrected chi connectivity index (χ1v) is 10.9. The van der Waals surface area contributed by atoms with Gasteiger partial charge in [-0.2, -0.15) is 0 Å². The first kappa shape index (κ1) is 19.2. The SMILES string of the molecule is CCc1onc(C)c1-c1cccc(C2CCN(C(=O)C3CCCCC3)CC2)n1. The van der Waals surface area contributed by atoms with Gasteiger partial charge in [-0.15, -0.1) is 0 Å². The minimum atomic E-state index is 0.274. The van der Waals surface area contributed by atoms with Crippen molar-refractivity contribution in [2.45, 2.75) is 71.1 Å². The van der Waals surface area contributed by atoms with E-state index in [1.807, 2.05) is 13.0 Å². The number of amides is 1. The summed E-state index contributed by atoms with van der Waals surface area (Å²) in [7, 11) is 0. The third-order valence-electron chi connectivity index (χ3n) is 6.46. The molecule has 0 aromatic carbocycles. The zero-order valence-corrected chi connectivity index (χ0v) is 17.1. The van der Waals surface area contributed by atoms with Crippen molar-refractivity contribution in [3.05, 3.63) is 35.3 Å². The molecule has 1 saturated heterocycles. The summed E-state index contributed by atoms with van der Waals surface area (Å²) in [5.41, 5.74) is 4.02. The monoisotopic (exact) mass is 381 g/mol. The highest BCUT2D eigenvalue weighted by atomic mass is 16.5. The van der Waals surface area contributed by atoms with Crippen LogP contribution in [-0.2, 0) is 11.2 Å². The van der Waals surface area contributed by atoms with Crippen molar-refractivity contribution in [2.24, 2.45) is 5.92 Å². The van der Waals surface area contributed by atoms with Crippen molar-refractivity contribution in [1.82, 2.24) is 15.0 Å². The van der Waals surface area contributed by atoms with Crippen LogP contribution in [0.1, 0.15) is 74.9 Å². The maximum absolute atomic E-state index is 12.8. The molecule has 0 radical (unpaired) electrons. The van der Waals surface area contributed by atoms with Crippen molar-refractivity contribution in [3.8, 4) is 11.3 Å². The molecule has 2 fully saturated rings. The molecule has 0 spiro atoms. The van der Waals surface area contributed by atoms with Crippen LogP contribution in [0.3, 0.4) is 0 Å². The topological polar surface area (TPSA) is 59.2 Å². The van der Waals surface area contributed by atoms with Crippen LogP contribution >= 0.6 is 0 Å². The van der Waals surface area contributed by atoms with Crippen LogP contribution < -0.4 is 0 Å². The van der Waals surface area contributed by atoms with Crippen molar-refractivity contribution < 1.29 is 9.32 Å². The van der Waals surface area contributed by atoms with Gasteiger partial charge < -0.3 is 9.42 Å². The second-order valence-electron chi connectivity index (χ2n) is 8.30. The van der Waals surface area contributed by atoms with Crippen molar-refractivity contribution >= 4 is 5.91 Å². The number of rotatable bonds is 4. The largest absolute Gasteiger partial charge is 0.360 e. The quantitative estimate of drug-likeness (QED) is 0.756. The molecule has 1 saturated carbocycles. The van der Waals surface area contributed by atoms with E-state index in [1.165, 1.54) is 19.3 Å². The molecule has 0 N–H and O–H groups in total. The fraction of sp³-hybridized carbons (Fsp3) is 0.609. The molecule has 2 aromatic rings. The fourth-order valence-corrected chi connectivity index (χ4v) is 4.81. The molecule has 150 valence electrons. The maximum Gasteiger partial charge on any atom is 0.225 e. The van der Waals surface area contributed by atoms with Crippen LogP contribution in [0.25, 0.3) is 11.3 Å². The Hall–Kier alpha value is -2.17. The number of hydrogen-bond donors (Lipinski definition) is 0. The van der Waals surface area contributed by atoms with Gasteiger partial charge in [0.15, 0.2) is 0 Å². The lowest BCUT2D eigenvalue weighted by molar-refractivity contribution is -0.137. The summed E-state index contributed by atoms with van der Waals surface area (Å²) < 4.78 is 5.45. The highest BCUT2D eigenvalue weighted by Gasteiger charge is 2.30. The second kappa shape index (κ2) is 8.46. The van der Waals surface area contributed by atoms with Crippen LogP contribution in [0.15, 0.2) is 22.7 Å². The normalized spacial score (nSPS) is 19.1. The number of pyridine rings is 1. The Morgan fingerprint density at radius 2 is 1.89 bits per heavy atom. The highest BCUT2D eigenvalue weighted by molar-refractivity contribution is 5.79. The Morgan fingerprint density at radius 3 is 2.61 bits per heavy atom. The van der Waals surface area contributed by atoms with Crippen molar-refractivity contribution in [1.29, 1.82) is 0 Å². The lowest BCUT2D eigenvalue weighted by Crippen LogP contribution is -2.42. The summed E-state index contributed by atoms with van der Waals surface area (Å²) in [6, 6.07) is 6.26. The van der Waals surface area contributed by atoms with Crippen LogP contribution in [-0.4, -0.2) is 34.0 Å². The number of hydrogen-bond acceptors (Lipinski definition) is 4. The molecule has 2 aromatic heterocycles. The van der Waals surface area contributed by atoms with Gasteiger partial charge in [0, 0.05) is 37.0 Å². The highest BCUT2D eigenvalue weighted by Crippen LogP contribution is 2.32. The van der Waals surface area contributed by atoms with E-state index >= 15 is 0 Å². The van der Waals surface area contributed by atoms with Gasteiger partial charge in [0.25, 0.3) is 0 Å². The average Bonchev–Trinajstić information content (AvgIpc) is 3.14. The molecule has 3 heterocycles. The minimum absolute atomic E-state index is 0.274. The van der Waals surface area contributed by atoms with Crippen molar-refractivity contribution in [2.75, 3.05) is 13.1 Å². The molecule has 2 aliphatic rings. The molecule has 28 heavy (non-hydrogen) atoms. The molecule has 0 unspecified atom stereocenters. The standard InChI is InChI=1S/C23H31N3O2/c1-3-21-22(16(2)25-28-21)20-11-7-10-19(24-20)17-12-14-26(15-13-17)23(27)18-8-5-4-6-9-18/h7,10-11,17-18H,3-6,8-9,12-15H2,1-2H3. The predicted molar refractivity (Wildman–Crippen MR) is 109 cm³/mol. The minimum Gasteiger partial charge on any atom is -0.360 e. The Bertz CT molecular complexity index is 815. The smallest absolute Gasteiger partial charge is 0.225 e. The molecule has 5 heteroatoms. The zero-order valence-electron chi connectivity index (χ0n) is 17.1. The van der Waals surface area contributed by atoms with Crippen LogP contribution in [0.2, 0.25) is 0 Å². The molecular weight excluding hydrogens is 350 g/mol. The van der Waals surface area contributed by atoms with Gasteiger partial charge in [-0.25, -0.2) is 0 Å². The van der Waals surface area contributed by atoms with Gasteiger partial charge in [0.05, 0.1) is 17.0 Å². The third kappa shape index (κ3) is 3.85. The van der Waals surface area contributed by atoms with Gasteiger partial charge in [0.1, 0.15) is 5.76 Å². The number of aryl methyl sites for hydroxylation is 2. The molecule has 1 aliphatic heterocycles. The van der Waals surface area contributed by atoms with E-state index in [4.69, 9.17) is 9.51 Å². The van der Waals surface area contributed by atoms with Crippen LogP contribution in [0.5, 0.6) is 0 Å². The zero-order chi connectivity index (χ0) is 19.5. The number of carbonyl (C=O) groups excluding carboxylic acids is 1. The molecule has 4 rings (SSSR count). The van der Waals surface area contributed by atoms with E-state index in [0.717, 1.165) is 73.6 Å². The Labute approximate surface area is 167 Å². The molecule has 1 aliphatic carbocycles. The Kier molecular flexibility index (Phi) is 5.79. The fourth-order valence-electron chi connectivity index (χ4n) is 4.81. The number of carbonyl (C=O) groups is 1. The van der Waals surface area contributed by atoms with E-state index in [9.17, 15) is 4.79 Å². The van der Waals surface area contributed by atoms with E-state index in [0.29, 0.717) is 11.8 Å². The van der Waals surface area contributed by atoms with E-state index in [1.54, 1.807) is 0 Å². The molecular formula is C23H31N3O2. The summed E-state index contributed by atoms with van der Waals surface area (Å²) in [6.07, 6.45) is 8.69. The Morgan fingerprint density at radius 1 is 1.14 bits per heavy atom. The summed E-state index contributed by atoms with van der Waals surface area (Å²) in [6.45, 7) is 5.77. The third-order valence-corrected chi connectivity index (χ3v) is 6.46. The van der Waals surface area contributed by atoms with Gasteiger partial charge >= 0.3 is 0 Å². The summed E-state index contributed by atoms with van der Waals surface area (Å²) >= 11 is 0. The number of likely N-dealkylation sites (tertiary alicyclic amines) is 1. The van der Waals surface area contributed by atoms with Crippen LogP contribution in [0.4, 0.5) is 0 Å². The average molecular weight is 382 g/mol.